The highest BCUT2D eigenvalue weighted by atomic mass is 35.5. The molecule has 0 amide bonds. The Labute approximate surface area is 144 Å². The van der Waals surface area contributed by atoms with Gasteiger partial charge in [0.05, 0.1) is 11.4 Å². The lowest BCUT2D eigenvalue weighted by Gasteiger charge is -2.06. The van der Waals surface area contributed by atoms with Crippen molar-refractivity contribution in [3.8, 4) is 0 Å². The van der Waals surface area contributed by atoms with Gasteiger partial charge in [0.15, 0.2) is 5.78 Å². The lowest BCUT2D eigenvalue weighted by molar-refractivity contribution is 0.100. The third kappa shape index (κ3) is 5.07. The molecule has 2 aromatic rings. The zero-order valence-electron chi connectivity index (χ0n) is 15.0. The van der Waals surface area contributed by atoms with Gasteiger partial charge in [0.25, 0.3) is 0 Å². The van der Waals surface area contributed by atoms with Crippen molar-refractivity contribution >= 4 is 23.2 Å². The van der Waals surface area contributed by atoms with Gasteiger partial charge in [0.1, 0.15) is 0 Å². The summed E-state index contributed by atoms with van der Waals surface area (Å²) in [5, 5.41) is 0.588. The first-order chi connectivity index (χ1) is 10.9. The highest BCUT2D eigenvalue weighted by molar-refractivity contribution is 6.30. The number of ketones is 2. The van der Waals surface area contributed by atoms with Gasteiger partial charge in [0, 0.05) is 24.6 Å². The second-order valence-corrected chi connectivity index (χ2v) is 4.95. The van der Waals surface area contributed by atoms with Gasteiger partial charge in [-0.2, -0.15) is 0 Å². The van der Waals surface area contributed by atoms with E-state index in [1.807, 2.05) is 34.6 Å². The second-order valence-electron chi connectivity index (χ2n) is 4.51. The monoisotopic (exact) mass is 335 g/mol. The summed E-state index contributed by atoms with van der Waals surface area (Å²) in [6, 6.07) is 8.47. The standard InChI is InChI=1S/C15H14ClNO2.2C2H6/c1-9-8-13(10(2)18)17(3)14(9)15(19)11-4-6-12(16)7-5-11;2*1-2/h4-8H,1-3H3;2*1-2H3. The Morgan fingerprint density at radius 3 is 1.87 bits per heavy atom. The third-order valence-electron chi connectivity index (χ3n) is 3.11. The zero-order chi connectivity index (χ0) is 18.2. The molecule has 0 bridgehead atoms. The molecule has 2 rings (SSSR count). The molecule has 4 heteroatoms. The second kappa shape index (κ2) is 10.0. The first-order valence-corrected chi connectivity index (χ1v) is 8.27. The Kier molecular flexibility index (Phi) is 9.19. The molecule has 0 unspecified atom stereocenters. The van der Waals surface area contributed by atoms with E-state index in [0.29, 0.717) is 22.0 Å². The van der Waals surface area contributed by atoms with Crippen LogP contribution in [0.3, 0.4) is 0 Å². The number of carbonyl (C=O) groups is 2. The first-order valence-electron chi connectivity index (χ1n) is 7.89. The van der Waals surface area contributed by atoms with Gasteiger partial charge >= 0.3 is 0 Å². The number of Topliss-reactive ketones (excluding diaryl/α,β-unsaturated/α-hetero) is 1. The molecule has 1 aromatic heterocycles. The maximum absolute atomic E-state index is 12.5. The number of aryl methyl sites for hydroxylation is 1. The molecular weight excluding hydrogens is 310 g/mol. The maximum atomic E-state index is 12.5. The van der Waals surface area contributed by atoms with E-state index in [4.69, 9.17) is 11.6 Å². The fraction of sp³-hybridized carbons (Fsp3) is 0.368. The van der Waals surface area contributed by atoms with E-state index in [0.717, 1.165) is 5.56 Å². The fourth-order valence-electron chi connectivity index (χ4n) is 2.16. The molecule has 0 aliphatic rings. The number of benzene rings is 1. The number of hydrogen-bond donors (Lipinski definition) is 0. The summed E-state index contributed by atoms with van der Waals surface area (Å²) in [4.78, 5) is 23.9. The summed E-state index contributed by atoms with van der Waals surface area (Å²) < 4.78 is 1.65. The number of nitrogens with zero attached hydrogens (tertiary/aromatic N) is 1. The minimum Gasteiger partial charge on any atom is -0.338 e. The quantitative estimate of drug-likeness (QED) is 0.697. The van der Waals surface area contributed by atoms with E-state index < -0.39 is 0 Å². The van der Waals surface area contributed by atoms with Crippen LogP contribution in [0.15, 0.2) is 30.3 Å². The van der Waals surface area contributed by atoms with Crippen LogP contribution in [0.5, 0.6) is 0 Å². The summed E-state index contributed by atoms with van der Waals surface area (Å²) in [6.45, 7) is 11.3. The molecule has 0 spiro atoms. The summed E-state index contributed by atoms with van der Waals surface area (Å²) >= 11 is 5.81. The van der Waals surface area contributed by atoms with Crippen LogP contribution in [0.25, 0.3) is 0 Å². The molecule has 23 heavy (non-hydrogen) atoms. The topological polar surface area (TPSA) is 39.1 Å². The van der Waals surface area contributed by atoms with Gasteiger partial charge in [-0.3, -0.25) is 9.59 Å². The third-order valence-corrected chi connectivity index (χ3v) is 3.36. The number of hydrogen-bond acceptors (Lipinski definition) is 2. The Bertz CT molecular complexity index is 655. The van der Waals surface area contributed by atoms with Gasteiger partial charge in [-0.15, -0.1) is 0 Å². The van der Waals surface area contributed by atoms with Crippen LogP contribution < -0.4 is 0 Å². The number of aromatic nitrogens is 1. The normalized spacial score (nSPS) is 9.22. The Morgan fingerprint density at radius 2 is 1.48 bits per heavy atom. The van der Waals surface area contributed by atoms with Crippen LogP contribution in [-0.2, 0) is 7.05 Å². The molecule has 0 aliphatic heterocycles. The van der Waals surface area contributed by atoms with Gasteiger partial charge in [0.2, 0.25) is 5.78 Å². The Balaban J connectivity index is 0.00000112. The zero-order valence-corrected chi connectivity index (χ0v) is 15.8. The Hall–Kier alpha value is -1.87. The fourth-order valence-corrected chi connectivity index (χ4v) is 2.29. The highest BCUT2D eigenvalue weighted by Crippen LogP contribution is 2.19. The maximum Gasteiger partial charge on any atom is 0.209 e. The lowest BCUT2D eigenvalue weighted by Crippen LogP contribution is -2.11. The molecule has 3 nitrogen and oxygen atoms in total. The van der Waals surface area contributed by atoms with Crippen LogP contribution >= 0.6 is 11.6 Å². The largest absolute Gasteiger partial charge is 0.338 e. The van der Waals surface area contributed by atoms with Crippen molar-refractivity contribution in [1.82, 2.24) is 4.57 Å². The molecule has 1 aromatic carbocycles. The van der Waals surface area contributed by atoms with E-state index >= 15 is 0 Å². The van der Waals surface area contributed by atoms with E-state index in [1.54, 1.807) is 41.9 Å². The van der Waals surface area contributed by atoms with Crippen LogP contribution in [-0.4, -0.2) is 16.1 Å². The smallest absolute Gasteiger partial charge is 0.209 e. The van der Waals surface area contributed by atoms with Crippen LogP contribution in [0, 0.1) is 6.92 Å². The lowest BCUT2D eigenvalue weighted by atomic mass is 10.1. The van der Waals surface area contributed by atoms with Crippen LogP contribution in [0.2, 0.25) is 5.02 Å². The van der Waals surface area contributed by atoms with E-state index in [9.17, 15) is 9.59 Å². The highest BCUT2D eigenvalue weighted by Gasteiger charge is 2.19. The molecule has 1 heterocycles. The molecule has 0 saturated heterocycles. The number of halogens is 1. The van der Waals surface area contributed by atoms with E-state index in [2.05, 4.69) is 0 Å². The minimum atomic E-state index is -0.107. The summed E-state index contributed by atoms with van der Waals surface area (Å²) in [6.07, 6.45) is 0. The average Bonchev–Trinajstić information content (AvgIpc) is 2.86. The van der Waals surface area contributed by atoms with Gasteiger partial charge in [-0.05, 0) is 42.8 Å². The molecule has 0 fully saturated rings. The van der Waals surface area contributed by atoms with Gasteiger partial charge < -0.3 is 4.57 Å². The van der Waals surface area contributed by atoms with Crippen molar-refractivity contribution in [2.24, 2.45) is 7.05 Å². The predicted molar refractivity (Wildman–Crippen MR) is 97.7 cm³/mol. The Morgan fingerprint density at radius 1 is 1.00 bits per heavy atom. The molecule has 0 atom stereocenters. The van der Waals surface area contributed by atoms with Gasteiger partial charge in [-0.25, -0.2) is 0 Å². The van der Waals surface area contributed by atoms with Crippen molar-refractivity contribution < 1.29 is 9.59 Å². The summed E-state index contributed by atoms with van der Waals surface area (Å²) in [7, 11) is 1.73. The molecule has 126 valence electrons. The molecular formula is C19H26ClNO2. The minimum absolute atomic E-state index is 0.0549. The van der Waals surface area contributed by atoms with Crippen molar-refractivity contribution in [3.63, 3.8) is 0 Å². The van der Waals surface area contributed by atoms with Gasteiger partial charge in [-0.1, -0.05) is 39.3 Å². The van der Waals surface area contributed by atoms with Crippen molar-refractivity contribution in [3.05, 3.63) is 57.9 Å². The van der Waals surface area contributed by atoms with Crippen molar-refractivity contribution in [2.75, 3.05) is 0 Å². The molecule has 0 saturated carbocycles. The summed E-state index contributed by atoms with van der Waals surface area (Å²) in [5.74, 6) is -0.162. The number of rotatable bonds is 3. The van der Waals surface area contributed by atoms with Crippen LogP contribution in [0.4, 0.5) is 0 Å². The molecule has 0 radical (unpaired) electrons. The van der Waals surface area contributed by atoms with Crippen LogP contribution in [0.1, 0.15) is 66.7 Å². The van der Waals surface area contributed by atoms with Crippen molar-refractivity contribution in [2.45, 2.75) is 41.5 Å². The van der Waals surface area contributed by atoms with Crippen molar-refractivity contribution in [1.29, 1.82) is 0 Å². The molecule has 0 aliphatic carbocycles. The predicted octanol–water partition coefficient (Wildman–Crippen LogP) is 5.47. The van der Waals surface area contributed by atoms with E-state index in [-0.39, 0.29) is 11.6 Å². The SMILES string of the molecule is CC.CC.CC(=O)c1cc(C)c(C(=O)c2ccc(Cl)cc2)n1C. The first kappa shape index (κ1) is 21.1. The number of carbonyl (C=O) groups excluding carboxylic acids is 2. The summed E-state index contributed by atoms with van der Waals surface area (Å²) in [5.41, 5.74) is 2.43. The van der Waals surface area contributed by atoms with E-state index in [1.165, 1.54) is 6.92 Å². The molecule has 0 N–H and O–H groups in total. The average molecular weight is 336 g/mol.